The quantitative estimate of drug-likeness (QED) is 0.461. The van der Waals surface area contributed by atoms with Gasteiger partial charge in [-0.05, 0) is 97.1 Å². The van der Waals surface area contributed by atoms with Crippen molar-refractivity contribution in [2.45, 2.75) is 74.1 Å². The van der Waals surface area contributed by atoms with Gasteiger partial charge in [-0.3, -0.25) is 9.69 Å². The molecule has 5 atom stereocenters. The smallest absolute Gasteiger partial charge is 0.227 e. The Hall–Kier alpha value is -2.32. The number of phenolic OH excluding ortho intramolecular Hbond substituents is 1. The summed E-state index contributed by atoms with van der Waals surface area (Å²) in [5.74, 6) is 1.44. The lowest BCUT2D eigenvalue weighted by Gasteiger charge is -2.64. The Bertz CT molecular complexity index is 1520. The van der Waals surface area contributed by atoms with Crippen LogP contribution in [0.25, 0.3) is 10.1 Å². The van der Waals surface area contributed by atoms with Gasteiger partial charge in [0, 0.05) is 34.9 Å². The van der Waals surface area contributed by atoms with Gasteiger partial charge in [0.2, 0.25) is 5.91 Å². The molecule has 3 aromatic rings. The summed E-state index contributed by atoms with van der Waals surface area (Å²) in [5.41, 5.74) is 1.59. The lowest BCUT2D eigenvalue weighted by Crippen LogP contribution is -2.78. The van der Waals surface area contributed by atoms with Crippen LogP contribution in [0.5, 0.6) is 11.5 Å². The minimum absolute atomic E-state index is 0.0315. The van der Waals surface area contributed by atoms with Crippen LogP contribution in [0, 0.1) is 5.92 Å². The van der Waals surface area contributed by atoms with Gasteiger partial charge in [0.25, 0.3) is 0 Å². The highest BCUT2D eigenvalue weighted by Gasteiger charge is 2.73. The van der Waals surface area contributed by atoms with Gasteiger partial charge in [-0.25, -0.2) is 0 Å². The zero-order chi connectivity index (χ0) is 26.7. The number of benzene rings is 2. The molecule has 0 unspecified atom stereocenters. The van der Waals surface area contributed by atoms with Crippen molar-refractivity contribution in [3.63, 3.8) is 0 Å². The van der Waals surface area contributed by atoms with Crippen LogP contribution in [0.4, 0.5) is 0 Å². The lowest BCUT2D eigenvalue weighted by molar-refractivity contribution is -0.200. The monoisotopic (exact) mass is 564 g/mol. The number of aliphatic hydroxyl groups is 1. The molecule has 2 aliphatic heterocycles. The lowest BCUT2D eigenvalue weighted by atomic mass is 9.48. The first-order valence-electron chi connectivity index (χ1n) is 14.2. The highest BCUT2D eigenvalue weighted by Crippen LogP contribution is 2.66. The Morgan fingerprint density at radius 2 is 2.08 bits per heavy atom. The van der Waals surface area contributed by atoms with Gasteiger partial charge in [-0.1, -0.05) is 17.7 Å². The molecule has 3 heterocycles. The molecule has 5 aliphatic rings. The molecule has 1 aromatic heterocycles. The summed E-state index contributed by atoms with van der Waals surface area (Å²) >= 11 is 7.90. The van der Waals surface area contributed by atoms with Crippen LogP contribution in [-0.2, 0) is 23.1 Å². The number of aromatic hydroxyl groups is 1. The molecule has 2 aromatic carbocycles. The van der Waals surface area contributed by atoms with Crippen molar-refractivity contribution < 1.29 is 19.7 Å². The number of piperidine rings is 1. The van der Waals surface area contributed by atoms with E-state index < -0.39 is 17.1 Å². The van der Waals surface area contributed by atoms with Crippen molar-refractivity contribution in [2.75, 3.05) is 20.1 Å². The number of halogens is 1. The number of rotatable bonds is 5. The second kappa shape index (κ2) is 8.35. The van der Waals surface area contributed by atoms with Crippen LogP contribution in [0.15, 0.2) is 35.7 Å². The van der Waals surface area contributed by atoms with Crippen molar-refractivity contribution in [3.8, 4) is 11.5 Å². The van der Waals surface area contributed by atoms with E-state index >= 15 is 0 Å². The Morgan fingerprint density at radius 3 is 2.90 bits per heavy atom. The highest BCUT2D eigenvalue weighted by molar-refractivity contribution is 7.17. The number of phenols is 1. The van der Waals surface area contributed by atoms with Gasteiger partial charge in [0.15, 0.2) is 11.5 Å². The molecule has 0 radical (unpaired) electrons. The number of amides is 1. The summed E-state index contributed by atoms with van der Waals surface area (Å²) in [4.78, 5) is 18.2. The predicted octanol–water partition coefficient (Wildman–Crippen LogP) is 4.89. The van der Waals surface area contributed by atoms with E-state index in [4.69, 9.17) is 16.3 Å². The third-order valence-corrected chi connectivity index (χ3v) is 11.8. The molecule has 2 N–H and O–H groups in total. The van der Waals surface area contributed by atoms with Gasteiger partial charge >= 0.3 is 0 Å². The van der Waals surface area contributed by atoms with Crippen LogP contribution < -0.4 is 4.74 Å². The van der Waals surface area contributed by atoms with Gasteiger partial charge in [-0.15, -0.1) is 11.3 Å². The normalized spacial score (nSPS) is 32.6. The van der Waals surface area contributed by atoms with Gasteiger partial charge in [0.05, 0.1) is 23.5 Å². The van der Waals surface area contributed by atoms with E-state index in [0.29, 0.717) is 30.0 Å². The third kappa shape index (κ3) is 3.30. The maximum absolute atomic E-state index is 13.8. The van der Waals surface area contributed by atoms with Crippen molar-refractivity contribution >= 4 is 38.9 Å². The molecule has 3 aliphatic carbocycles. The summed E-state index contributed by atoms with van der Waals surface area (Å²) in [7, 11) is 1.88. The van der Waals surface area contributed by atoms with E-state index in [1.165, 1.54) is 18.4 Å². The average molecular weight is 565 g/mol. The number of thiophene rings is 1. The first-order chi connectivity index (χ1) is 18.8. The number of fused-ring (bicyclic) bond motifs is 1. The van der Waals surface area contributed by atoms with Gasteiger partial charge in [-0.2, -0.15) is 0 Å². The van der Waals surface area contributed by atoms with E-state index in [1.807, 2.05) is 36.2 Å². The molecule has 3 fully saturated rings. The molecule has 8 heteroatoms. The second-order valence-corrected chi connectivity index (χ2v) is 13.8. The topological polar surface area (TPSA) is 73.2 Å². The van der Waals surface area contributed by atoms with E-state index in [-0.39, 0.29) is 23.7 Å². The fourth-order valence-corrected chi connectivity index (χ4v) is 9.63. The molecular formula is C31H33ClN2O4S. The first kappa shape index (κ1) is 24.5. The van der Waals surface area contributed by atoms with Gasteiger partial charge < -0.3 is 19.8 Å². The van der Waals surface area contributed by atoms with E-state index in [9.17, 15) is 15.0 Å². The molecule has 8 rings (SSSR count). The largest absolute Gasteiger partial charge is 0.504 e. The highest BCUT2D eigenvalue weighted by atomic mass is 35.5. The molecule has 39 heavy (non-hydrogen) atoms. The SMILES string of the molecule is CN(C(=O)Cc1csc2ccc(Cl)cc12)[C@@H]1CC[C@@]2(O)[C@H]3Cc4ccc(O)c5c4[C@@]2(CCN3CC2CC2)[C@H]1O5. The second-order valence-electron chi connectivity index (χ2n) is 12.5. The number of ether oxygens (including phenoxy) is 1. The Balaban J connectivity index is 1.16. The van der Waals surface area contributed by atoms with Crippen LogP contribution >= 0.6 is 22.9 Å². The van der Waals surface area contributed by atoms with Crippen molar-refractivity contribution in [1.29, 1.82) is 0 Å². The van der Waals surface area contributed by atoms with E-state index in [1.54, 1.807) is 17.4 Å². The van der Waals surface area contributed by atoms with E-state index in [0.717, 1.165) is 53.1 Å². The number of hydrogen-bond acceptors (Lipinski definition) is 6. The summed E-state index contributed by atoms with van der Waals surface area (Å²) in [6.45, 7) is 1.96. The number of likely N-dealkylation sites (tertiary alicyclic amines) is 1. The number of likely N-dealkylation sites (N-methyl/N-ethyl adjacent to an activating group) is 1. The molecule has 2 saturated carbocycles. The van der Waals surface area contributed by atoms with Crippen LogP contribution in [0.1, 0.15) is 48.8 Å². The van der Waals surface area contributed by atoms with Crippen molar-refractivity contribution in [1.82, 2.24) is 9.80 Å². The van der Waals surface area contributed by atoms with Crippen LogP contribution in [0.2, 0.25) is 5.02 Å². The molecule has 1 spiro atoms. The van der Waals surface area contributed by atoms with Crippen LogP contribution in [0.3, 0.4) is 0 Å². The average Bonchev–Trinajstić information content (AvgIpc) is 3.54. The zero-order valence-electron chi connectivity index (χ0n) is 22.0. The van der Waals surface area contributed by atoms with Crippen molar-refractivity contribution in [3.05, 3.63) is 57.4 Å². The first-order valence-corrected chi connectivity index (χ1v) is 15.5. The number of nitrogens with zero attached hydrogens (tertiary/aromatic N) is 2. The fraction of sp³-hybridized carbons (Fsp3) is 0.516. The standard InChI is InChI=1S/C31H33ClN2O4S/c1-33(26(36)13-19-16-39-24-7-5-20(32)14-21(19)24)22-8-9-31(37)25-12-18-4-6-23(35)28-27(18)30(31,29(22)38-28)10-11-34(25)15-17-2-3-17/h4-7,14,16-17,22,25,29,35,37H,2-3,8-13,15H2,1H3/t22-,25-,29+,30+,31-/m1/s1. The number of carbonyl (C=O) groups excluding carboxylic acids is 1. The number of carbonyl (C=O) groups is 1. The molecule has 2 bridgehead atoms. The number of hydrogen-bond donors (Lipinski definition) is 2. The summed E-state index contributed by atoms with van der Waals surface area (Å²) in [6.07, 6.45) is 5.29. The van der Waals surface area contributed by atoms with Crippen molar-refractivity contribution in [2.24, 2.45) is 5.92 Å². The molecule has 204 valence electrons. The van der Waals surface area contributed by atoms with Gasteiger partial charge in [0.1, 0.15) is 6.10 Å². The summed E-state index contributed by atoms with van der Waals surface area (Å²) in [6, 6.07) is 9.43. The summed E-state index contributed by atoms with van der Waals surface area (Å²) in [5, 5.41) is 27.3. The summed E-state index contributed by atoms with van der Waals surface area (Å²) < 4.78 is 7.79. The molecule has 1 saturated heterocycles. The third-order valence-electron chi connectivity index (χ3n) is 10.6. The fourth-order valence-electron chi connectivity index (χ4n) is 8.52. The maximum atomic E-state index is 13.8. The Morgan fingerprint density at radius 1 is 1.23 bits per heavy atom. The van der Waals surface area contributed by atoms with E-state index in [2.05, 4.69) is 10.3 Å². The zero-order valence-corrected chi connectivity index (χ0v) is 23.6. The Labute approximate surface area is 237 Å². The van der Waals surface area contributed by atoms with Crippen LogP contribution in [-0.4, -0.2) is 69.8 Å². The maximum Gasteiger partial charge on any atom is 0.227 e. The molecule has 1 amide bonds. The minimum atomic E-state index is -0.947. The minimum Gasteiger partial charge on any atom is -0.504 e. The molecular weight excluding hydrogens is 532 g/mol. The molecule has 6 nitrogen and oxygen atoms in total. The Kier molecular flexibility index (Phi) is 5.24. The predicted molar refractivity (Wildman–Crippen MR) is 152 cm³/mol.